The van der Waals surface area contributed by atoms with E-state index in [1.165, 1.54) is 6.20 Å². The summed E-state index contributed by atoms with van der Waals surface area (Å²) in [7, 11) is 0. The molecule has 0 spiro atoms. The average Bonchev–Trinajstić information content (AvgIpc) is 3.18. The molecule has 0 amide bonds. The maximum Gasteiger partial charge on any atom is 0.221 e. The van der Waals surface area contributed by atoms with Crippen molar-refractivity contribution in [3.05, 3.63) is 30.7 Å². The van der Waals surface area contributed by atoms with Crippen molar-refractivity contribution in [3.8, 4) is 11.3 Å². The maximum absolute atomic E-state index is 10.2. The first-order chi connectivity index (χ1) is 12.6. The monoisotopic (exact) mass is 357 g/mol. The van der Waals surface area contributed by atoms with Crippen molar-refractivity contribution < 1.29 is 19.7 Å². The van der Waals surface area contributed by atoms with Crippen LogP contribution in [0.15, 0.2) is 35.1 Å². The van der Waals surface area contributed by atoms with Gasteiger partial charge in [0.05, 0.1) is 23.9 Å². The molecule has 1 saturated carbocycles. The maximum atomic E-state index is 10.2. The highest BCUT2D eigenvalue weighted by Crippen LogP contribution is 2.34. The van der Waals surface area contributed by atoms with Crippen LogP contribution in [0.5, 0.6) is 0 Å². The normalized spacial score (nSPS) is 25.7. The molecule has 26 heavy (non-hydrogen) atoms. The second-order valence-corrected chi connectivity index (χ2v) is 6.43. The Bertz CT molecular complexity index is 897. The first kappa shape index (κ1) is 16.7. The number of aromatic nitrogens is 3. The molecule has 9 nitrogen and oxygen atoms in total. The third-order valence-corrected chi connectivity index (χ3v) is 4.75. The standard InChI is InChI=1S/C17H19N5O4/c18-17-20-5-10(12-4-8-1-2-19-6-13(8)26-12)16(22-17)21-11-3-9(7-23)14(24)15(11)25/h1-2,4-6,9,11,14-15,23-25H,3,7H2,(H3,18,20,21,22)/t9-,11-,14-,15+/m1/s1. The van der Waals surface area contributed by atoms with Gasteiger partial charge in [0.1, 0.15) is 17.7 Å². The Hall–Kier alpha value is -2.75. The van der Waals surface area contributed by atoms with Gasteiger partial charge in [-0.3, -0.25) is 4.98 Å². The fraction of sp³-hybridized carbons (Fsp3) is 0.353. The topological polar surface area (TPSA) is 151 Å². The van der Waals surface area contributed by atoms with Gasteiger partial charge in [-0.05, 0) is 18.6 Å². The quantitative estimate of drug-likeness (QED) is 0.446. The third-order valence-electron chi connectivity index (χ3n) is 4.75. The number of nitrogens with two attached hydrogens (primary N) is 1. The molecule has 4 rings (SSSR count). The molecular formula is C17H19N5O4. The molecule has 1 aliphatic carbocycles. The molecule has 1 aliphatic rings. The molecule has 4 atom stereocenters. The summed E-state index contributed by atoms with van der Waals surface area (Å²) in [5, 5.41) is 33.6. The Morgan fingerprint density at radius 1 is 1.27 bits per heavy atom. The summed E-state index contributed by atoms with van der Waals surface area (Å²) in [5.41, 5.74) is 6.92. The highest BCUT2D eigenvalue weighted by Gasteiger charge is 2.41. The Morgan fingerprint density at radius 2 is 2.12 bits per heavy atom. The minimum atomic E-state index is -1.03. The van der Waals surface area contributed by atoms with Gasteiger partial charge in [0.15, 0.2) is 5.58 Å². The van der Waals surface area contributed by atoms with E-state index in [1.54, 1.807) is 12.4 Å². The summed E-state index contributed by atoms with van der Waals surface area (Å²) in [4.78, 5) is 12.3. The molecule has 9 heteroatoms. The van der Waals surface area contributed by atoms with Crippen molar-refractivity contribution in [2.45, 2.75) is 24.7 Å². The Balaban J connectivity index is 1.69. The lowest BCUT2D eigenvalue weighted by Gasteiger charge is -2.19. The summed E-state index contributed by atoms with van der Waals surface area (Å²) in [6.45, 7) is -0.203. The highest BCUT2D eigenvalue weighted by atomic mass is 16.3. The molecule has 6 N–H and O–H groups in total. The minimum absolute atomic E-state index is 0.0702. The fourth-order valence-electron chi connectivity index (χ4n) is 3.33. The van der Waals surface area contributed by atoms with Gasteiger partial charge < -0.3 is 30.8 Å². The smallest absolute Gasteiger partial charge is 0.221 e. The molecule has 0 saturated heterocycles. The number of furan rings is 1. The van der Waals surface area contributed by atoms with E-state index in [1.807, 2.05) is 12.1 Å². The number of hydrogen-bond donors (Lipinski definition) is 5. The van der Waals surface area contributed by atoms with E-state index in [2.05, 4.69) is 20.3 Å². The molecule has 3 aromatic heterocycles. The van der Waals surface area contributed by atoms with Crippen LogP contribution in [0.3, 0.4) is 0 Å². The largest absolute Gasteiger partial charge is 0.454 e. The van der Waals surface area contributed by atoms with Crippen molar-refractivity contribution >= 4 is 22.7 Å². The fourth-order valence-corrected chi connectivity index (χ4v) is 3.33. The van der Waals surface area contributed by atoms with Gasteiger partial charge in [-0.1, -0.05) is 0 Å². The number of fused-ring (bicyclic) bond motifs is 1. The van der Waals surface area contributed by atoms with E-state index in [-0.39, 0.29) is 12.6 Å². The van der Waals surface area contributed by atoms with Crippen LogP contribution in [-0.2, 0) is 0 Å². The van der Waals surface area contributed by atoms with Crippen molar-refractivity contribution in [3.63, 3.8) is 0 Å². The van der Waals surface area contributed by atoms with Gasteiger partial charge >= 0.3 is 0 Å². The van der Waals surface area contributed by atoms with Crippen LogP contribution in [0, 0.1) is 5.92 Å². The summed E-state index contributed by atoms with van der Waals surface area (Å²) in [6.07, 6.45) is 3.19. The van der Waals surface area contributed by atoms with Gasteiger partial charge in [-0.2, -0.15) is 4.98 Å². The second kappa shape index (κ2) is 6.52. The number of nitrogens with zero attached hydrogens (tertiary/aromatic N) is 3. The third kappa shape index (κ3) is 2.85. The lowest BCUT2D eigenvalue weighted by molar-refractivity contribution is 0.00446. The Morgan fingerprint density at radius 3 is 2.85 bits per heavy atom. The molecule has 0 aromatic carbocycles. The van der Waals surface area contributed by atoms with Gasteiger partial charge in [0.25, 0.3) is 0 Å². The average molecular weight is 357 g/mol. The van der Waals surface area contributed by atoms with E-state index in [0.717, 1.165) is 5.39 Å². The SMILES string of the molecule is Nc1ncc(-c2cc3ccncc3o2)c(N[C@@H]2C[C@H](CO)[C@@H](O)[C@H]2O)n1. The zero-order valence-corrected chi connectivity index (χ0v) is 13.8. The molecule has 0 unspecified atom stereocenters. The van der Waals surface area contributed by atoms with E-state index in [0.29, 0.717) is 29.1 Å². The van der Waals surface area contributed by atoms with Crippen LogP contribution in [-0.4, -0.2) is 55.1 Å². The van der Waals surface area contributed by atoms with Gasteiger partial charge in [0.2, 0.25) is 5.95 Å². The molecule has 0 radical (unpaired) electrons. The van der Waals surface area contributed by atoms with Crippen LogP contribution in [0.2, 0.25) is 0 Å². The molecular weight excluding hydrogens is 338 g/mol. The lowest BCUT2D eigenvalue weighted by atomic mass is 10.1. The van der Waals surface area contributed by atoms with E-state index < -0.39 is 24.2 Å². The first-order valence-corrected chi connectivity index (χ1v) is 8.27. The van der Waals surface area contributed by atoms with Crippen LogP contribution in [0.25, 0.3) is 22.3 Å². The number of pyridine rings is 1. The van der Waals surface area contributed by atoms with E-state index in [4.69, 9.17) is 10.2 Å². The number of nitrogens with one attached hydrogen (secondary N) is 1. The number of hydrogen-bond acceptors (Lipinski definition) is 9. The zero-order valence-electron chi connectivity index (χ0n) is 13.8. The van der Waals surface area contributed by atoms with Crippen molar-refractivity contribution in [2.75, 3.05) is 17.7 Å². The highest BCUT2D eigenvalue weighted by molar-refractivity contribution is 5.84. The number of aliphatic hydroxyl groups excluding tert-OH is 3. The zero-order chi connectivity index (χ0) is 18.3. The van der Waals surface area contributed by atoms with Gasteiger partial charge in [-0.25, -0.2) is 4.98 Å². The van der Waals surface area contributed by atoms with Crippen LogP contribution in [0.4, 0.5) is 11.8 Å². The van der Waals surface area contributed by atoms with Gasteiger partial charge in [-0.15, -0.1) is 0 Å². The molecule has 3 heterocycles. The lowest BCUT2D eigenvalue weighted by Crippen LogP contribution is -2.35. The van der Waals surface area contributed by atoms with Crippen molar-refractivity contribution in [1.82, 2.24) is 15.0 Å². The molecule has 0 bridgehead atoms. The predicted octanol–water partition coefficient (Wildman–Crippen LogP) is 0.381. The Labute approximate surface area is 148 Å². The van der Waals surface area contributed by atoms with Crippen LogP contribution in [0.1, 0.15) is 6.42 Å². The van der Waals surface area contributed by atoms with Crippen LogP contribution >= 0.6 is 0 Å². The Kier molecular flexibility index (Phi) is 4.19. The number of nitrogen functional groups attached to an aromatic ring is 1. The molecule has 1 fully saturated rings. The summed E-state index contributed by atoms with van der Waals surface area (Å²) in [6, 6.07) is 3.19. The first-order valence-electron chi connectivity index (χ1n) is 8.27. The summed E-state index contributed by atoms with van der Waals surface area (Å²) >= 11 is 0. The summed E-state index contributed by atoms with van der Waals surface area (Å²) in [5.74, 6) is 0.588. The predicted molar refractivity (Wildman–Crippen MR) is 94.1 cm³/mol. The second-order valence-electron chi connectivity index (χ2n) is 6.43. The number of rotatable bonds is 4. The van der Waals surface area contributed by atoms with Gasteiger partial charge in [0, 0.05) is 30.3 Å². The summed E-state index contributed by atoms with van der Waals surface area (Å²) < 4.78 is 5.81. The van der Waals surface area contributed by atoms with Crippen molar-refractivity contribution in [1.29, 1.82) is 0 Å². The number of anilines is 2. The minimum Gasteiger partial charge on any atom is -0.454 e. The molecule has 0 aliphatic heterocycles. The van der Waals surface area contributed by atoms with E-state index in [9.17, 15) is 15.3 Å². The molecule has 3 aromatic rings. The van der Waals surface area contributed by atoms with Crippen LogP contribution < -0.4 is 11.1 Å². The number of aliphatic hydroxyl groups is 3. The van der Waals surface area contributed by atoms with Crippen molar-refractivity contribution in [2.24, 2.45) is 5.92 Å². The molecule has 136 valence electrons. The van der Waals surface area contributed by atoms with E-state index >= 15 is 0 Å².